The van der Waals surface area contributed by atoms with Gasteiger partial charge in [0.15, 0.2) is 0 Å². The molecule has 0 atom stereocenters. The first kappa shape index (κ1) is 10.3. The van der Waals surface area contributed by atoms with Crippen LogP contribution < -0.4 is 0 Å². The van der Waals surface area contributed by atoms with Gasteiger partial charge < -0.3 is 0 Å². The molecule has 0 unspecified atom stereocenters. The largest absolute Gasteiger partial charge is 0.316 e. The molecule has 1 aromatic carbocycles. The SMILES string of the molecule is Cc1ccc(CCl)cc1.[MgH2]. The maximum Gasteiger partial charge on any atom is 0.316 e. The van der Waals surface area contributed by atoms with Crippen LogP contribution in [0.1, 0.15) is 11.1 Å². The van der Waals surface area contributed by atoms with Crippen LogP contribution in [0.4, 0.5) is 0 Å². The van der Waals surface area contributed by atoms with Crippen molar-refractivity contribution in [2.75, 3.05) is 0 Å². The van der Waals surface area contributed by atoms with Gasteiger partial charge >= 0.3 is 23.1 Å². The van der Waals surface area contributed by atoms with Crippen molar-refractivity contribution in [3.05, 3.63) is 35.4 Å². The van der Waals surface area contributed by atoms with Gasteiger partial charge in [-0.15, -0.1) is 11.6 Å². The molecule has 2 heteroatoms. The van der Waals surface area contributed by atoms with Crippen LogP contribution in [0.2, 0.25) is 0 Å². The van der Waals surface area contributed by atoms with Gasteiger partial charge in [-0.05, 0) is 12.5 Å². The Hall–Kier alpha value is 0.276. The number of benzene rings is 1. The molecule has 0 amide bonds. The van der Waals surface area contributed by atoms with E-state index in [1.54, 1.807) is 0 Å². The summed E-state index contributed by atoms with van der Waals surface area (Å²) in [5.74, 6) is 0.611. The first-order chi connectivity index (χ1) is 4.33. The van der Waals surface area contributed by atoms with E-state index in [2.05, 4.69) is 19.1 Å². The quantitative estimate of drug-likeness (QED) is 0.442. The lowest BCUT2D eigenvalue weighted by Crippen LogP contribution is -1.75. The Bertz CT molecular complexity index is 181. The third-order valence-corrected chi connectivity index (χ3v) is 1.58. The molecular formula is C8H11ClMg. The summed E-state index contributed by atoms with van der Waals surface area (Å²) < 4.78 is 0. The molecule has 0 N–H and O–H groups in total. The molecule has 0 bridgehead atoms. The van der Waals surface area contributed by atoms with Crippen LogP contribution in [-0.2, 0) is 5.88 Å². The van der Waals surface area contributed by atoms with E-state index in [1.165, 1.54) is 11.1 Å². The molecule has 0 aliphatic heterocycles. The van der Waals surface area contributed by atoms with Gasteiger partial charge in [0.1, 0.15) is 0 Å². The van der Waals surface area contributed by atoms with E-state index in [0.717, 1.165) is 0 Å². The Balaban J connectivity index is 0.000000810. The molecular weight excluding hydrogens is 156 g/mol. The molecule has 0 aromatic heterocycles. The summed E-state index contributed by atoms with van der Waals surface area (Å²) in [4.78, 5) is 0. The van der Waals surface area contributed by atoms with Gasteiger partial charge in [0.25, 0.3) is 0 Å². The lowest BCUT2D eigenvalue weighted by Gasteiger charge is -1.93. The minimum Gasteiger partial charge on any atom is -0.122 e. The minimum atomic E-state index is 0. The molecule has 0 aliphatic carbocycles. The van der Waals surface area contributed by atoms with Gasteiger partial charge in [0.05, 0.1) is 0 Å². The molecule has 0 saturated heterocycles. The van der Waals surface area contributed by atoms with Crippen molar-refractivity contribution in [1.29, 1.82) is 0 Å². The fourth-order valence-electron chi connectivity index (χ4n) is 0.677. The predicted octanol–water partition coefficient (Wildman–Crippen LogP) is 1.82. The lowest BCUT2D eigenvalue weighted by atomic mass is 10.2. The van der Waals surface area contributed by atoms with Crippen molar-refractivity contribution in [1.82, 2.24) is 0 Å². The van der Waals surface area contributed by atoms with E-state index >= 15 is 0 Å². The average Bonchev–Trinajstić information content (AvgIpc) is 1.90. The van der Waals surface area contributed by atoms with Crippen molar-refractivity contribution in [3.8, 4) is 0 Å². The zero-order valence-electron chi connectivity index (χ0n) is 5.39. The van der Waals surface area contributed by atoms with Gasteiger partial charge in [-0.3, -0.25) is 0 Å². The number of aryl methyl sites for hydroxylation is 1. The topological polar surface area (TPSA) is 0 Å². The van der Waals surface area contributed by atoms with Crippen molar-refractivity contribution >= 4 is 34.7 Å². The first-order valence-electron chi connectivity index (χ1n) is 2.94. The Morgan fingerprint density at radius 2 is 1.70 bits per heavy atom. The molecule has 1 rings (SSSR count). The highest BCUT2D eigenvalue weighted by Crippen LogP contribution is 2.04. The summed E-state index contributed by atoms with van der Waals surface area (Å²) in [6.07, 6.45) is 0. The molecule has 0 heterocycles. The summed E-state index contributed by atoms with van der Waals surface area (Å²) in [6.45, 7) is 2.07. The molecule has 0 radical (unpaired) electrons. The number of hydrogen-bond donors (Lipinski definition) is 0. The van der Waals surface area contributed by atoms with Crippen LogP contribution in [-0.4, -0.2) is 23.1 Å². The van der Waals surface area contributed by atoms with E-state index in [0.29, 0.717) is 5.88 Å². The highest BCUT2D eigenvalue weighted by molar-refractivity contribution is 6.17. The van der Waals surface area contributed by atoms with Crippen molar-refractivity contribution < 1.29 is 0 Å². The van der Waals surface area contributed by atoms with Gasteiger partial charge in [-0.1, -0.05) is 29.8 Å². The molecule has 0 aliphatic rings. The second-order valence-electron chi connectivity index (χ2n) is 2.12. The highest BCUT2D eigenvalue weighted by Gasteiger charge is 1.86. The third kappa shape index (κ3) is 2.91. The second-order valence-corrected chi connectivity index (χ2v) is 2.39. The van der Waals surface area contributed by atoms with Crippen LogP contribution in [0.5, 0.6) is 0 Å². The normalized spacial score (nSPS) is 8.60. The van der Waals surface area contributed by atoms with Crippen LogP contribution in [0, 0.1) is 6.92 Å². The van der Waals surface area contributed by atoms with Crippen molar-refractivity contribution in [2.45, 2.75) is 12.8 Å². The molecule has 10 heavy (non-hydrogen) atoms. The zero-order chi connectivity index (χ0) is 6.69. The van der Waals surface area contributed by atoms with Gasteiger partial charge in [0.2, 0.25) is 0 Å². The smallest absolute Gasteiger partial charge is 0.122 e. The lowest BCUT2D eigenvalue weighted by molar-refractivity contribution is 1.36. The number of rotatable bonds is 1. The Morgan fingerprint density at radius 3 is 2.10 bits per heavy atom. The highest BCUT2D eigenvalue weighted by atomic mass is 35.5. The maximum atomic E-state index is 5.58. The zero-order valence-corrected chi connectivity index (χ0v) is 6.15. The Labute approximate surface area is 82.7 Å². The summed E-state index contributed by atoms with van der Waals surface area (Å²) in [5, 5.41) is 0. The van der Waals surface area contributed by atoms with Gasteiger partial charge in [-0.25, -0.2) is 0 Å². The van der Waals surface area contributed by atoms with E-state index in [1.807, 2.05) is 12.1 Å². The van der Waals surface area contributed by atoms with Crippen molar-refractivity contribution in [2.24, 2.45) is 0 Å². The van der Waals surface area contributed by atoms with Crippen LogP contribution in [0.3, 0.4) is 0 Å². The standard InChI is InChI=1S/C8H9Cl.Mg.2H/c1-7-2-4-8(6-9)5-3-7;;;/h2-5H,6H2,1H3;;;. The van der Waals surface area contributed by atoms with Crippen molar-refractivity contribution in [3.63, 3.8) is 0 Å². The van der Waals surface area contributed by atoms with Crippen LogP contribution in [0.15, 0.2) is 24.3 Å². The fraction of sp³-hybridized carbons (Fsp3) is 0.250. The monoisotopic (exact) mass is 166 g/mol. The molecule has 0 fully saturated rings. The Morgan fingerprint density at radius 1 is 1.20 bits per heavy atom. The molecule has 1 aromatic rings. The maximum absolute atomic E-state index is 5.58. The first-order valence-corrected chi connectivity index (χ1v) is 3.48. The van der Waals surface area contributed by atoms with E-state index < -0.39 is 0 Å². The van der Waals surface area contributed by atoms with E-state index in [-0.39, 0.29) is 23.1 Å². The van der Waals surface area contributed by atoms with Crippen LogP contribution in [0.25, 0.3) is 0 Å². The van der Waals surface area contributed by atoms with Crippen LogP contribution >= 0.6 is 11.6 Å². The number of halogens is 1. The number of alkyl halides is 1. The molecule has 0 saturated carbocycles. The molecule has 0 spiro atoms. The molecule has 52 valence electrons. The minimum absolute atomic E-state index is 0. The summed E-state index contributed by atoms with van der Waals surface area (Å²) >= 11 is 5.58. The fourth-order valence-corrected chi connectivity index (χ4v) is 0.855. The second kappa shape index (κ2) is 5.00. The van der Waals surface area contributed by atoms with E-state index in [9.17, 15) is 0 Å². The molecule has 0 nitrogen and oxygen atoms in total. The average molecular weight is 167 g/mol. The number of hydrogen-bond acceptors (Lipinski definition) is 0. The third-order valence-electron chi connectivity index (χ3n) is 1.27. The Kier molecular flexibility index (Phi) is 5.14. The van der Waals surface area contributed by atoms with Gasteiger partial charge in [-0.2, -0.15) is 0 Å². The summed E-state index contributed by atoms with van der Waals surface area (Å²) in [7, 11) is 0. The summed E-state index contributed by atoms with van der Waals surface area (Å²) in [5.41, 5.74) is 2.46. The summed E-state index contributed by atoms with van der Waals surface area (Å²) in [6, 6.07) is 8.22. The van der Waals surface area contributed by atoms with Gasteiger partial charge in [0, 0.05) is 5.88 Å². The van der Waals surface area contributed by atoms with E-state index in [4.69, 9.17) is 11.6 Å². The predicted molar refractivity (Wildman–Crippen MR) is 49.3 cm³/mol.